The van der Waals surface area contributed by atoms with Crippen molar-refractivity contribution in [1.82, 2.24) is 10.3 Å². The van der Waals surface area contributed by atoms with Crippen LogP contribution in [-0.2, 0) is 11.2 Å². The van der Waals surface area contributed by atoms with Crippen LogP contribution in [0.15, 0.2) is 57.6 Å². The van der Waals surface area contributed by atoms with Gasteiger partial charge in [-0.25, -0.2) is 4.98 Å². The van der Waals surface area contributed by atoms with Crippen molar-refractivity contribution >= 4 is 5.91 Å². The summed E-state index contributed by atoms with van der Waals surface area (Å²) in [6, 6.07) is 12.3. The second-order valence-electron chi connectivity index (χ2n) is 5.38. The predicted molar refractivity (Wildman–Crippen MR) is 87.1 cm³/mol. The molecule has 2 aromatic heterocycles. The number of aliphatic hydroxyl groups is 1. The van der Waals surface area contributed by atoms with E-state index in [0.29, 0.717) is 23.1 Å². The van der Waals surface area contributed by atoms with E-state index in [0.717, 1.165) is 5.56 Å². The van der Waals surface area contributed by atoms with Crippen LogP contribution in [0.2, 0.25) is 0 Å². The lowest BCUT2D eigenvalue weighted by Gasteiger charge is -2.13. The zero-order valence-corrected chi connectivity index (χ0v) is 13.2. The van der Waals surface area contributed by atoms with Gasteiger partial charge in [0.1, 0.15) is 17.6 Å². The topological polar surface area (TPSA) is 88.5 Å². The molecule has 24 heavy (non-hydrogen) atoms. The second kappa shape index (κ2) is 7.14. The van der Waals surface area contributed by atoms with Gasteiger partial charge in [-0.15, -0.1) is 0 Å². The molecule has 0 spiro atoms. The summed E-state index contributed by atoms with van der Waals surface area (Å²) in [5.41, 5.74) is 1.43. The minimum atomic E-state index is -0.576. The fraction of sp³-hybridized carbons (Fsp3) is 0.222. The monoisotopic (exact) mass is 326 g/mol. The van der Waals surface area contributed by atoms with Crippen molar-refractivity contribution in [2.24, 2.45) is 0 Å². The number of aliphatic hydroxyl groups excluding tert-OH is 1. The van der Waals surface area contributed by atoms with E-state index in [1.165, 1.54) is 6.26 Å². The first-order valence-electron chi connectivity index (χ1n) is 7.62. The Labute approximate surface area is 139 Å². The first-order valence-corrected chi connectivity index (χ1v) is 7.62. The molecule has 0 fully saturated rings. The number of rotatable bonds is 6. The summed E-state index contributed by atoms with van der Waals surface area (Å²) in [5, 5.41) is 12.1. The van der Waals surface area contributed by atoms with Gasteiger partial charge >= 0.3 is 0 Å². The Bertz CT molecular complexity index is 794. The molecule has 1 amide bonds. The molecule has 0 aliphatic heterocycles. The number of furan rings is 1. The molecule has 0 bridgehead atoms. The summed E-state index contributed by atoms with van der Waals surface area (Å²) in [7, 11) is 0. The Balaban J connectivity index is 1.69. The second-order valence-corrected chi connectivity index (χ2v) is 5.38. The SMILES string of the molecule is Cc1oc(-c2ccccc2)nc1CC(=O)NC(CO)c1ccco1. The first kappa shape index (κ1) is 16.0. The fourth-order valence-corrected chi connectivity index (χ4v) is 2.39. The third-order valence-electron chi connectivity index (χ3n) is 3.65. The van der Waals surface area contributed by atoms with Crippen molar-refractivity contribution < 1.29 is 18.7 Å². The van der Waals surface area contributed by atoms with Crippen LogP contribution >= 0.6 is 0 Å². The lowest BCUT2D eigenvalue weighted by Crippen LogP contribution is -2.31. The highest BCUT2D eigenvalue weighted by molar-refractivity contribution is 5.79. The molecule has 6 heteroatoms. The molecule has 6 nitrogen and oxygen atoms in total. The van der Waals surface area contributed by atoms with Crippen LogP contribution in [0.3, 0.4) is 0 Å². The molecule has 1 atom stereocenters. The summed E-state index contributed by atoms with van der Waals surface area (Å²) in [6.07, 6.45) is 1.57. The Morgan fingerprint density at radius 1 is 1.25 bits per heavy atom. The smallest absolute Gasteiger partial charge is 0.226 e. The van der Waals surface area contributed by atoms with Gasteiger partial charge < -0.3 is 19.3 Å². The van der Waals surface area contributed by atoms with Crippen LogP contribution in [-0.4, -0.2) is 22.6 Å². The number of oxazole rings is 1. The number of aryl methyl sites for hydroxylation is 1. The molecule has 0 saturated heterocycles. The summed E-state index contributed by atoms with van der Waals surface area (Å²) < 4.78 is 10.9. The molecule has 3 rings (SSSR count). The molecular weight excluding hydrogens is 308 g/mol. The number of carbonyl (C=O) groups excluding carboxylic acids is 1. The number of benzene rings is 1. The highest BCUT2D eigenvalue weighted by Crippen LogP contribution is 2.22. The lowest BCUT2D eigenvalue weighted by atomic mass is 10.2. The highest BCUT2D eigenvalue weighted by atomic mass is 16.4. The van der Waals surface area contributed by atoms with Crippen molar-refractivity contribution in [2.75, 3.05) is 6.61 Å². The maximum absolute atomic E-state index is 12.2. The Hall–Kier alpha value is -2.86. The van der Waals surface area contributed by atoms with Gasteiger partial charge in [-0.2, -0.15) is 0 Å². The molecule has 1 aromatic carbocycles. The molecule has 2 heterocycles. The number of nitrogens with zero attached hydrogens (tertiary/aromatic N) is 1. The average Bonchev–Trinajstić information content (AvgIpc) is 3.24. The zero-order chi connectivity index (χ0) is 16.9. The number of nitrogens with one attached hydrogen (secondary N) is 1. The van der Waals surface area contributed by atoms with E-state index >= 15 is 0 Å². The van der Waals surface area contributed by atoms with Gasteiger partial charge in [0, 0.05) is 5.56 Å². The van der Waals surface area contributed by atoms with Gasteiger partial charge in [-0.3, -0.25) is 4.79 Å². The summed E-state index contributed by atoms with van der Waals surface area (Å²) in [4.78, 5) is 16.6. The van der Waals surface area contributed by atoms with Crippen molar-refractivity contribution in [3.05, 3.63) is 65.9 Å². The molecule has 0 aliphatic carbocycles. The first-order chi connectivity index (χ1) is 11.7. The molecule has 0 aliphatic rings. The molecule has 3 aromatic rings. The van der Waals surface area contributed by atoms with Gasteiger partial charge in [0.05, 0.1) is 25.0 Å². The summed E-state index contributed by atoms with van der Waals surface area (Å²) >= 11 is 0. The van der Waals surface area contributed by atoms with Gasteiger partial charge in [0.25, 0.3) is 0 Å². The van der Waals surface area contributed by atoms with Crippen LogP contribution in [0.4, 0.5) is 0 Å². The summed E-state index contributed by atoms with van der Waals surface area (Å²) in [5.74, 6) is 1.33. The van der Waals surface area contributed by atoms with Crippen LogP contribution in [0.1, 0.15) is 23.3 Å². The summed E-state index contributed by atoms with van der Waals surface area (Å²) in [6.45, 7) is 1.53. The number of aromatic nitrogens is 1. The highest BCUT2D eigenvalue weighted by Gasteiger charge is 2.19. The standard InChI is InChI=1S/C18H18N2O4/c1-12-14(20-18(24-12)13-6-3-2-4-7-13)10-17(22)19-15(11-21)16-8-5-9-23-16/h2-9,15,21H,10-11H2,1H3,(H,19,22). The molecule has 0 saturated carbocycles. The van der Waals surface area contributed by atoms with E-state index in [1.54, 1.807) is 19.1 Å². The number of carbonyl (C=O) groups is 1. The van der Waals surface area contributed by atoms with E-state index in [-0.39, 0.29) is 18.9 Å². The van der Waals surface area contributed by atoms with Crippen LogP contribution < -0.4 is 5.32 Å². The predicted octanol–water partition coefficient (Wildman–Crippen LogP) is 2.64. The van der Waals surface area contributed by atoms with Gasteiger partial charge in [-0.05, 0) is 31.2 Å². The van der Waals surface area contributed by atoms with E-state index in [4.69, 9.17) is 8.83 Å². The molecule has 124 valence electrons. The van der Waals surface area contributed by atoms with E-state index in [9.17, 15) is 9.90 Å². The molecule has 1 unspecified atom stereocenters. The number of hydrogen-bond donors (Lipinski definition) is 2. The van der Waals surface area contributed by atoms with Crippen LogP contribution in [0.25, 0.3) is 11.5 Å². The minimum Gasteiger partial charge on any atom is -0.467 e. The Kier molecular flexibility index (Phi) is 4.77. The Morgan fingerprint density at radius 3 is 2.71 bits per heavy atom. The largest absolute Gasteiger partial charge is 0.467 e. The van der Waals surface area contributed by atoms with E-state index in [1.807, 2.05) is 30.3 Å². The van der Waals surface area contributed by atoms with Crippen molar-refractivity contribution in [3.8, 4) is 11.5 Å². The Morgan fingerprint density at radius 2 is 2.04 bits per heavy atom. The van der Waals surface area contributed by atoms with E-state index in [2.05, 4.69) is 10.3 Å². The molecule has 0 radical (unpaired) electrons. The maximum Gasteiger partial charge on any atom is 0.226 e. The maximum atomic E-state index is 12.2. The molecule has 2 N–H and O–H groups in total. The van der Waals surface area contributed by atoms with Crippen molar-refractivity contribution in [2.45, 2.75) is 19.4 Å². The third kappa shape index (κ3) is 3.55. The van der Waals surface area contributed by atoms with Gasteiger partial charge in [0.2, 0.25) is 11.8 Å². The van der Waals surface area contributed by atoms with Gasteiger partial charge in [0.15, 0.2) is 0 Å². The van der Waals surface area contributed by atoms with Crippen LogP contribution in [0.5, 0.6) is 0 Å². The van der Waals surface area contributed by atoms with E-state index < -0.39 is 6.04 Å². The quantitative estimate of drug-likeness (QED) is 0.727. The average molecular weight is 326 g/mol. The fourth-order valence-electron chi connectivity index (χ4n) is 2.39. The molecular formula is C18H18N2O4. The third-order valence-corrected chi connectivity index (χ3v) is 3.65. The number of hydrogen-bond acceptors (Lipinski definition) is 5. The zero-order valence-electron chi connectivity index (χ0n) is 13.2. The number of amides is 1. The van der Waals surface area contributed by atoms with Gasteiger partial charge in [-0.1, -0.05) is 18.2 Å². The van der Waals surface area contributed by atoms with Crippen molar-refractivity contribution in [3.63, 3.8) is 0 Å². The van der Waals surface area contributed by atoms with Crippen molar-refractivity contribution in [1.29, 1.82) is 0 Å². The minimum absolute atomic E-state index is 0.0688. The van der Waals surface area contributed by atoms with Crippen LogP contribution in [0, 0.1) is 6.92 Å². The normalized spacial score (nSPS) is 12.1. The lowest BCUT2D eigenvalue weighted by molar-refractivity contribution is -0.121.